The average molecular weight is 391 g/mol. The van der Waals surface area contributed by atoms with E-state index in [0.29, 0.717) is 30.2 Å². The van der Waals surface area contributed by atoms with Gasteiger partial charge in [-0.2, -0.15) is 0 Å². The molecule has 148 valence electrons. The van der Waals surface area contributed by atoms with Gasteiger partial charge in [-0.25, -0.2) is 4.39 Å². The Kier molecular flexibility index (Phi) is 5.81. The van der Waals surface area contributed by atoms with E-state index in [9.17, 15) is 9.18 Å². The van der Waals surface area contributed by atoms with E-state index in [1.807, 2.05) is 17.0 Å². The van der Waals surface area contributed by atoms with Gasteiger partial charge in [0.2, 0.25) is 5.91 Å². The molecule has 1 saturated heterocycles. The third-order valence-electron chi connectivity index (χ3n) is 5.00. The van der Waals surface area contributed by atoms with E-state index in [1.54, 1.807) is 48.8 Å². The van der Waals surface area contributed by atoms with Gasteiger partial charge in [0, 0.05) is 51.2 Å². The van der Waals surface area contributed by atoms with Gasteiger partial charge >= 0.3 is 0 Å². The van der Waals surface area contributed by atoms with Crippen molar-refractivity contribution in [2.24, 2.45) is 0 Å². The normalized spacial score (nSPS) is 15.1. The second-order valence-corrected chi connectivity index (χ2v) is 6.97. The van der Waals surface area contributed by atoms with Crippen molar-refractivity contribution in [3.8, 4) is 11.3 Å². The highest BCUT2D eigenvalue weighted by Gasteiger charge is 2.19. The minimum absolute atomic E-state index is 0.0441. The fraction of sp³-hybridized carbons (Fsp3) is 0.217. The van der Waals surface area contributed by atoms with E-state index in [4.69, 9.17) is 4.42 Å². The summed E-state index contributed by atoms with van der Waals surface area (Å²) in [5.74, 6) is 0.586. The van der Waals surface area contributed by atoms with E-state index < -0.39 is 0 Å². The molecular formula is C23H22FN3O2. The number of carbonyl (C=O) groups is 1. The van der Waals surface area contributed by atoms with E-state index >= 15 is 0 Å². The fourth-order valence-electron chi connectivity index (χ4n) is 3.38. The lowest BCUT2D eigenvalue weighted by molar-refractivity contribution is -0.127. The molecule has 2 aromatic heterocycles. The quantitative estimate of drug-likeness (QED) is 0.620. The predicted molar refractivity (Wildman–Crippen MR) is 109 cm³/mol. The molecule has 1 aliphatic heterocycles. The summed E-state index contributed by atoms with van der Waals surface area (Å²) in [6.45, 7) is 3.91. The molecule has 3 aromatic rings. The van der Waals surface area contributed by atoms with Crippen LogP contribution in [0.25, 0.3) is 17.4 Å². The standard InChI is InChI=1S/C23H22FN3O2/c24-21-4-2-1-3-20(21)22-7-5-19(29-22)6-8-23(28)27-15-13-26(14-16-27)17-18-9-11-25-12-10-18/h1-12H,13-17H2/b8-6+. The maximum absolute atomic E-state index is 13.9. The fourth-order valence-corrected chi connectivity index (χ4v) is 3.38. The van der Waals surface area contributed by atoms with Crippen molar-refractivity contribution >= 4 is 12.0 Å². The lowest BCUT2D eigenvalue weighted by Gasteiger charge is -2.34. The molecule has 4 rings (SSSR count). The maximum atomic E-state index is 13.9. The SMILES string of the molecule is O=C(/C=C/c1ccc(-c2ccccc2F)o1)N1CCN(Cc2ccncc2)CC1. The van der Waals surface area contributed by atoms with Gasteiger partial charge < -0.3 is 9.32 Å². The summed E-state index contributed by atoms with van der Waals surface area (Å²) in [4.78, 5) is 20.7. The van der Waals surface area contributed by atoms with Gasteiger partial charge in [0.05, 0.1) is 5.56 Å². The lowest BCUT2D eigenvalue weighted by Crippen LogP contribution is -2.47. The van der Waals surface area contributed by atoms with Crippen molar-refractivity contribution < 1.29 is 13.6 Å². The Bertz CT molecular complexity index is 992. The number of benzene rings is 1. The summed E-state index contributed by atoms with van der Waals surface area (Å²) in [5, 5.41) is 0. The van der Waals surface area contributed by atoms with Crippen LogP contribution in [0.4, 0.5) is 4.39 Å². The first kappa shape index (κ1) is 19.1. The van der Waals surface area contributed by atoms with Crippen LogP contribution in [0.3, 0.4) is 0 Å². The molecule has 3 heterocycles. The summed E-state index contributed by atoms with van der Waals surface area (Å²) in [6, 6.07) is 13.9. The zero-order chi connectivity index (χ0) is 20.1. The second-order valence-electron chi connectivity index (χ2n) is 6.97. The molecule has 0 N–H and O–H groups in total. The van der Waals surface area contributed by atoms with Crippen LogP contribution >= 0.6 is 0 Å². The number of piperazine rings is 1. The monoisotopic (exact) mass is 391 g/mol. The Morgan fingerprint density at radius 1 is 1.03 bits per heavy atom. The number of hydrogen-bond acceptors (Lipinski definition) is 4. The van der Waals surface area contributed by atoms with Gasteiger partial charge in [0.25, 0.3) is 0 Å². The summed E-state index contributed by atoms with van der Waals surface area (Å²) < 4.78 is 19.5. The highest BCUT2D eigenvalue weighted by Crippen LogP contribution is 2.25. The molecule has 1 aromatic carbocycles. The molecule has 0 radical (unpaired) electrons. The van der Waals surface area contributed by atoms with Crippen molar-refractivity contribution in [3.05, 3.63) is 84.1 Å². The highest BCUT2D eigenvalue weighted by atomic mass is 19.1. The predicted octanol–water partition coefficient (Wildman–Crippen LogP) is 3.84. The molecule has 1 amide bonds. The molecule has 29 heavy (non-hydrogen) atoms. The Morgan fingerprint density at radius 2 is 1.79 bits per heavy atom. The molecule has 0 unspecified atom stereocenters. The number of carbonyl (C=O) groups excluding carboxylic acids is 1. The Morgan fingerprint density at radius 3 is 2.55 bits per heavy atom. The number of amides is 1. The minimum atomic E-state index is -0.335. The molecule has 1 aliphatic rings. The van der Waals surface area contributed by atoms with Crippen molar-refractivity contribution in [3.63, 3.8) is 0 Å². The maximum Gasteiger partial charge on any atom is 0.246 e. The number of halogens is 1. The van der Waals surface area contributed by atoms with Crippen molar-refractivity contribution in [2.45, 2.75) is 6.54 Å². The van der Waals surface area contributed by atoms with Gasteiger partial charge in [-0.05, 0) is 48.0 Å². The van der Waals surface area contributed by atoms with Crippen LogP contribution in [0, 0.1) is 5.82 Å². The van der Waals surface area contributed by atoms with Crippen molar-refractivity contribution in [1.29, 1.82) is 0 Å². The number of hydrogen-bond donors (Lipinski definition) is 0. The summed E-state index contributed by atoms with van der Waals surface area (Å²) in [6.07, 6.45) is 6.75. The summed E-state index contributed by atoms with van der Waals surface area (Å²) in [7, 11) is 0. The zero-order valence-electron chi connectivity index (χ0n) is 16.0. The number of pyridine rings is 1. The van der Waals surface area contributed by atoms with Crippen LogP contribution in [0.5, 0.6) is 0 Å². The van der Waals surface area contributed by atoms with Crippen LogP contribution < -0.4 is 0 Å². The van der Waals surface area contributed by atoms with Gasteiger partial charge in [-0.1, -0.05) is 12.1 Å². The third-order valence-corrected chi connectivity index (χ3v) is 5.00. The van der Waals surface area contributed by atoms with Crippen LogP contribution in [0.2, 0.25) is 0 Å². The van der Waals surface area contributed by atoms with Crippen molar-refractivity contribution in [2.75, 3.05) is 26.2 Å². The van der Waals surface area contributed by atoms with Gasteiger partial charge in [0.1, 0.15) is 17.3 Å². The topological polar surface area (TPSA) is 49.6 Å². The smallest absolute Gasteiger partial charge is 0.246 e. The molecule has 5 nitrogen and oxygen atoms in total. The van der Waals surface area contributed by atoms with E-state index in [0.717, 1.165) is 19.6 Å². The summed E-state index contributed by atoms with van der Waals surface area (Å²) in [5.41, 5.74) is 1.63. The lowest BCUT2D eigenvalue weighted by atomic mass is 10.1. The molecule has 0 bridgehead atoms. The first-order valence-electron chi connectivity index (χ1n) is 9.62. The van der Waals surface area contributed by atoms with Crippen LogP contribution in [-0.4, -0.2) is 46.9 Å². The molecule has 0 saturated carbocycles. The first-order valence-corrected chi connectivity index (χ1v) is 9.62. The highest BCUT2D eigenvalue weighted by molar-refractivity contribution is 5.91. The number of aromatic nitrogens is 1. The molecule has 0 spiro atoms. The zero-order valence-corrected chi connectivity index (χ0v) is 16.0. The minimum Gasteiger partial charge on any atom is -0.457 e. The van der Waals surface area contributed by atoms with E-state index in [-0.39, 0.29) is 11.7 Å². The Balaban J connectivity index is 1.31. The van der Waals surface area contributed by atoms with Crippen LogP contribution in [0.1, 0.15) is 11.3 Å². The van der Waals surface area contributed by atoms with Crippen molar-refractivity contribution in [1.82, 2.24) is 14.8 Å². The number of rotatable bonds is 5. The van der Waals surface area contributed by atoms with Gasteiger partial charge in [-0.15, -0.1) is 0 Å². The Labute approximate surface area is 169 Å². The number of furan rings is 1. The van der Waals surface area contributed by atoms with E-state index in [1.165, 1.54) is 17.7 Å². The third kappa shape index (κ3) is 4.78. The molecule has 1 fully saturated rings. The summed E-state index contributed by atoms with van der Waals surface area (Å²) >= 11 is 0. The van der Waals surface area contributed by atoms with Gasteiger partial charge in [0.15, 0.2) is 0 Å². The largest absolute Gasteiger partial charge is 0.457 e. The molecule has 0 atom stereocenters. The second kappa shape index (κ2) is 8.84. The van der Waals surface area contributed by atoms with Crippen LogP contribution in [0.15, 0.2) is 71.4 Å². The average Bonchev–Trinajstić information content (AvgIpc) is 3.22. The van der Waals surface area contributed by atoms with Gasteiger partial charge in [-0.3, -0.25) is 14.7 Å². The molecule has 6 heteroatoms. The first-order chi connectivity index (χ1) is 14.2. The molecule has 0 aliphatic carbocycles. The molecular weight excluding hydrogens is 369 g/mol. The van der Waals surface area contributed by atoms with E-state index in [2.05, 4.69) is 9.88 Å². The van der Waals surface area contributed by atoms with Crippen LogP contribution in [-0.2, 0) is 11.3 Å². The number of nitrogens with zero attached hydrogens (tertiary/aromatic N) is 3. The Hall–Kier alpha value is -3.25.